The Morgan fingerprint density at radius 3 is 2.20 bits per heavy atom. The number of nitrogens with one attached hydrogen (secondary N) is 1. The predicted molar refractivity (Wildman–Crippen MR) is 67.3 cm³/mol. The molecule has 0 aliphatic heterocycles. The summed E-state index contributed by atoms with van der Waals surface area (Å²) in [6.45, 7) is 11.7. The molecule has 0 saturated carbocycles. The number of hydrogen-bond donors (Lipinski definition) is 1. The first-order valence-electron chi connectivity index (χ1n) is 6.61. The molecule has 0 aromatic heterocycles. The second-order valence-electron chi connectivity index (χ2n) is 4.12. The molecule has 0 bridgehead atoms. The van der Waals surface area contributed by atoms with E-state index in [-0.39, 0.29) is 0 Å². The lowest BCUT2D eigenvalue weighted by atomic mass is 9.92. The Hall–Kier alpha value is -0.0800. The van der Waals surface area contributed by atoms with E-state index in [0.717, 1.165) is 32.1 Å². The second kappa shape index (κ2) is 10.4. The Kier molecular flexibility index (Phi) is 10.4. The molecule has 0 aliphatic rings. The van der Waals surface area contributed by atoms with Crippen LogP contribution in [0.2, 0.25) is 0 Å². The van der Waals surface area contributed by atoms with Crippen LogP contribution >= 0.6 is 0 Å². The third-order valence-electron chi connectivity index (χ3n) is 3.05. The maximum atomic E-state index is 5.44. The van der Waals surface area contributed by atoms with Crippen LogP contribution in [0.1, 0.15) is 53.4 Å². The van der Waals surface area contributed by atoms with Gasteiger partial charge in [0, 0.05) is 19.3 Å². The molecule has 0 aromatic carbocycles. The van der Waals surface area contributed by atoms with Gasteiger partial charge in [0.2, 0.25) is 0 Å². The number of hydrogen-bond acceptors (Lipinski definition) is 2. The van der Waals surface area contributed by atoms with Gasteiger partial charge < -0.3 is 10.1 Å². The Balaban J connectivity index is 3.91. The molecule has 0 radical (unpaired) electrons. The van der Waals surface area contributed by atoms with E-state index < -0.39 is 0 Å². The number of rotatable bonds is 10. The van der Waals surface area contributed by atoms with Gasteiger partial charge in [0.25, 0.3) is 0 Å². The van der Waals surface area contributed by atoms with Crippen LogP contribution in [0.5, 0.6) is 0 Å². The molecule has 0 spiro atoms. The zero-order valence-electron chi connectivity index (χ0n) is 11.0. The van der Waals surface area contributed by atoms with Gasteiger partial charge in [-0.3, -0.25) is 0 Å². The van der Waals surface area contributed by atoms with Gasteiger partial charge in [-0.2, -0.15) is 0 Å². The van der Waals surface area contributed by atoms with Crippen molar-refractivity contribution in [2.24, 2.45) is 5.92 Å². The Labute approximate surface area is 95.8 Å². The molecule has 0 fully saturated rings. The summed E-state index contributed by atoms with van der Waals surface area (Å²) in [5.41, 5.74) is 0. The first-order valence-corrected chi connectivity index (χ1v) is 6.61. The molecule has 0 aromatic rings. The molecule has 0 heterocycles. The van der Waals surface area contributed by atoms with Crippen LogP contribution in [0.15, 0.2) is 0 Å². The minimum atomic E-state index is 0.645. The summed E-state index contributed by atoms with van der Waals surface area (Å²) in [6.07, 6.45) is 4.90. The van der Waals surface area contributed by atoms with Crippen molar-refractivity contribution in [1.29, 1.82) is 0 Å². The topological polar surface area (TPSA) is 21.3 Å². The van der Waals surface area contributed by atoms with Crippen molar-refractivity contribution >= 4 is 0 Å². The molecule has 92 valence electrons. The van der Waals surface area contributed by atoms with Crippen molar-refractivity contribution in [3.8, 4) is 0 Å². The molecular weight excluding hydrogens is 186 g/mol. The standard InChI is InChI=1S/C13H29NO/c1-5-10-14-13(9-11-15-8-4)12(6-2)7-3/h12-14H,5-11H2,1-4H3. The van der Waals surface area contributed by atoms with E-state index in [1.165, 1.54) is 19.3 Å². The molecule has 2 nitrogen and oxygen atoms in total. The van der Waals surface area contributed by atoms with Crippen LogP contribution in [-0.4, -0.2) is 25.8 Å². The van der Waals surface area contributed by atoms with E-state index in [2.05, 4.69) is 33.0 Å². The van der Waals surface area contributed by atoms with Gasteiger partial charge in [-0.15, -0.1) is 0 Å². The molecule has 15 heavy (non-hydrogen) atoms. The summed E-state index contributed by atoms with van der Waals surface area (Å²) >= 11 is 0. The van der Waals surface area contributed by atoms with Gasteiger partial charge in [0.1, 0.15) is 0 Å². The summed E-state index contributed by atoms with van der Waals surface area (Å²) in [6, 6.07) is 0.645. The van der Waals surface area contributed by atoms with Crippen molar-refractivity contribution in [1.82, 2.24) is 5.32 Å². The molecule has 1 N–H and O–H groups in total. The average Bonchev–Trinajstić information content (AvgIpc) is 2.26. The highest BCUT2D eigenvalue weighted by atomic mass is 16.5. The lowest BCUT2D eigenvalue weighted by Gasteiger charge is -2.26. The highest BCUT2D eigenvalue weighted by Crippen LogP contribution is 2.16. The first-order chi connectivity index (χ1) is 7.29. The lowest BCUT2D eigenvalue weighted by molar-refractivity contribution is 0.127. The molecule has 1 unspecified atom stereocenters. The second-order valence-corrected chi connectivity index (χ2v) is 4.12. The van der Waals surface area contributed by atoms with Crippen LogP contribution in [0.3, 0.4) is 0 Å². The Morgan fingerprint density at radius 2 is 1.73 bits per heavy atom. The van der Waals surface area contributed by atoms with E-state index in [1.54, 1.807) is 0 Å². The van der Waals surface area contributed by atoms with Crippen molar-refractivity contribution in [2.45, 2.75) is 59.4 Å². The monoisotopic (exact) mass is 215 g/mol. The first kappa shape index (κ1) is 14.9. The molecule has 1 atom stereocenters. The summed E-state index contributed by atoms with van der Waals surface area (Å²) < 4.78 is 5.44. The third-order valence-corrected chi connectivity index (χ3v) is 3.05. The van der Waals surface area contributed by atoms with Crippen LogP contribution in [0.4, 0.5) is 0 Å². The quantitative estimate of drug-likeness (QED) is 0.565. The maximum absolute atomic E-state index is 5.44. The molecule has 0 amide bonds. The Bertz CT molecular complexity index is 124. The number of ether oxygens (including phenoxy) is 1. The average molecular weight is 215 g/mol. The van der Waals surface area contributed by atoms with E-state index >= 15 is 0 Å². The van der Waals surface area contributed by atoms with Gasteiger partial charge in [-0.25, -0.2) is 0 Å². The van der Waals surface area contributed by atoms with Crippen LogP contribution in [0, 0.1) is 5.92 Å². The van der Waals surface area contributed by atoms with Gasteiger partial charge in [-0.05, 0) is 32.2 Å². The lowest BCUT2D eigenvalue weighted by Crippen LogP contribution is -2.37. The Morgan fingerprint density at radius 1 is 1.07 bits per heavy atom. The molecule has 0 aliphatic carbocycles. The van der Waals surface area contributed by atoms with Crippen LogP contribution in [0.25, 0.3) is 0 Å². The largest absolute Gasteiger partial charge is 0.382 e. The predicted octanol–water partition coefficient (Wildman–Crippen LogP) is 3.22. The third kappa shape index (κ3) is 6.91. The van der Waals surface area contributed by atoms with Crippen molar-refractivity contribution in [3.63, 3.8) is 0 Å². The minimum Gasteiger partial charge on any atom is -0.382 e. The van der Waals surface area contributed by atoms with Crippen molar-refractivity contribution in [3.05, 3.63) is 0 Å². The fourth-order valence-electron chi connectivity index (χ4n) is 2.05. The van der Waals surface area contributed by atoms with Crippen LogP contribution < -0.4 is 5.32 Å². The van der Waals surface area contributed by atoms with Crippen molar-refractivity contribution in [2.75, 3.05) is 19.8 Å². The summed E-state index contributed by atoms with van der Waals surface area (Å²) in [5, 5.41) is 3.65. The van der Waals surface area contributed by atoms with Crippen LogP contribution in [-0.2, 0) is 4.74 Å². The fourth-order valence-corrected chi connectivity index (χ4v) is 2.05. The minimum absolute atomic E-state index is 0.645. The highest BCUT2D eigenvalue weighted by Gasteiger charge is 2.16. The maximum Gasteiger partial charge on any atom is 0.0480 e. The SMILES string of the molecule is CCCNC(CCOCC)C(CC)CC. The van der Waals surface area contributed by atoms with E-state index in [1.807, 2.05) is 0 Å². The highest BCUT2D eigenvalue weighted by molar-refractivity contribution is 4.74. The zero-order valence-corrected chi connectivity index (χ0v) is 11.0. The van der Waals surface area contributed by atoms with E-state index in [4.69, 9.17) is 4.74 Å². The van der Waals surface area contributed by atoms with Gasteiger partial charge in [0.15, 0.2) is 0 Å². The fraction of sp³-hybridized carbons (Fsp3) is 1.00. The van der Waals surface area contributed by atoms with Gasteiger partial charge in [0.05, 0.1) is 0 Å². The van der Waals surface area contributed by atoms with Gasteiger partial charge in [-0.1, -0.05) is 33.6 Å². The molecule has 0 rings (SSSR count). The molecule has 2 heteroatoms. The van der Waals surface area contributed by atoms with E-state index in [0.29, 0.717) is 6.04 Å². The van der Waals surface area contributed by atoms with Crippen molar-refractivity contribution < 1.29 is 4.74 Å². The summed E-state index contributed by atoms with van der Waals surface area (Å²) in [4.78, 5) is 0. The van der Waals surface area contributed by atoms with E-state index in [9.17, 15) is 0 Å². The molecule has 0 saturated heterocycles. The summed E-state index contributed by atoms with van der Waals surface area (Å²) in [7, 11) is 0. The van der Waals surface area contributed by atoms with Gasteiger partial charge >= 0.3 is 0 Å². The molecular formula is C13H29NO. The normalized spacial score (nSPS) is 13.4. The smallest absolute Gasteiger partial charge is 0.0480 e. The summed E-state index contributed by atoms with van der Waals surface area (Å²) in [5.74, 6) is 0.803. The zero-order chi connectivity index (χ0) is 11.5.